The van der Waals surface area contributed by atoms with Crippen LogP contribution in [0.5, 0.6) is 0 Å². The zero-order valence-corrected chi connectivity index (χ0v) is 7.67. The molecule has 0 spiro atoms. The second-order valence-electron chi connectivity index (χ2n) is 3.95. The van der Waals surface area contributed by atoms with Gasteiger partial charge in [0.15, 0.2) is 0 Å². The van der Waals surface area contributed by atoms with Gasteiger partial charge < -0.3 is 4.74 Å². The largest absolute Gasteiger partial charge is 0.374 e. The lowest BCUT2D eigenvalue weighted by atomic mass is 9.84. The average Bonchev–Trinajstić information content (AvgIpc) is 2.21. The van der Waals surface area contributed by atoms with Gasteiger partial charge in [-0.25, -0.2) is 0 Å². The minimum absolute atomic E-state index is 0.457. The highest BCUT2D eigenvalue weighted by Crippen LogP contribution is 2.29. The molecule has 0 N–H and O–H groups in total. The zero-order chi connectivity index (χ0) is 8.23. The molecule has 0 saturated heterocycles. The van der Waals surface area contributed by atoms with Crippen molar-refractivity contribution in [2.75, 3.05) is 6.61 Å². The molecule has 68 valence electrons. The molecule has 1 saturated carbocycles. The van der Waals surface area contributed by atoms with E-state index in [0.717, 1.165) is 18.9 Å². The Labute approximate surface area is 74.8 Å². The number of ether oxygens (including phenoxy) is 1. The molecular weight excluding hydrogens is 148 g/mol. The predicted octanol–water partition coefficient (Wildman–Crippen LogP) is 2.91. The van der Waals surface area contributed by atoms with Crippen LogP contribution in [0.15, 0.2) is 12.2 Å². The van der Waals surface area contributed by atoms with Gasteiger partial charge >= 0.3 is 0 Å². The Hall–Kier alpha value is -0.300. The summed E-state index contributed by atoms with van der Waals surface area (Å²) >= 11 is 0. The lowest BCUT2D eigenvalue weighted by molar-refractivity contribution is 0.0271. The lowest BCUT2D eigenvalue weighted by Crippen LogP contribution is -2.26. The van der Waals surface area contributed by atoms with Crippen LogP contribution in [0, 0.1) is 5.92 Å². The Bertz CT molecular complexity index is 156. The minimum Gasteiger partial charge on any atom is -0.374 e. The van der Waals surface area contributed by atoms with Crippen LogP contribution in [0.25, 0.3) is 0 Å². The van der Waals surface area contributed by atoms with E-state index in [1.54, 1.807) is 0 Å². The van der Waals surface area contributed by atoms with Gasteiger partial charge in [0.05, 0.1) is 12.7 Å². The van der Waals surface area contributed by atoms with Crippen molar-refractivity contribution in [2.24, 2.45) is 5.92 Å². The molecule has 12 heavy (non-hydrogen) atoms. The van der Waals surface area contributed by atoms with E-state index in [1.807, 2.05) is 0 Å². The molecule has 0 aromatic heterocycles. The molecule has 0 aromatic carbocycles. The highest BCUT2D eigenvalue weighted by molar-refractivity contribution is 4.96. The molecule has 0 bridgehead atoms. The van der Waals surface area contributed by atoms with Crippen LogP contribution >= 0.6 is 0 Å². The predicted molar refractivity (Wildman–Crippen MR) is 50.1 cm³/mol. The van der Waals surface area contributed by atoms with Crippen LogP contribution in [0.4, 0.5) is 0 Å². The maximum Gasteiger partial charge on any atom is 0.0784 e. The van der Waals surface area contributed by atoms with Crippen LogP contribution in [-0.2, 0) is 4.74 Å². The topological polar surface area (TPSA) is 9.23 Å². The number of hydrogen-bond acceptors (Lipinski definition) is 1. The van der Waals surface area contributed by atoms with Crippen molar-refractivity contribution in [1.82, 2.24) is 0 Å². The molecule has 0 aromatic rings. The monoisotopic (exact) mass is 166 g/mol. The quantitative estimate of drug-likeness (QED) is 0.544. The third kappa shape index (κ3) is 1.89. The van der Waals surface area contributed by atoms with Crippen molar-refractivity contribution in [1.29, 1.82) is 0 Å². The molecule has 0 unspecified atom stereocenters. The first-order valence-corrected chi connectivity index (χ1v) is 5.25. The average molecular weight is 166 g/mol. The van der Waals surface area contributed by atoms with E-state index in [-0.39, 0.29) is 0 Å². The zero-order valence-electron chi connectivity index (χ0n) is 7.67. The van der Waals surface area contributed by atoms with Crippen molar-refractivity contribution < 1.29 is 4.74 Å². The second kappa shape index (κ2) is 4.08. The third-order valence-corrected chi connectivity index (χ3v) is 3.04. The smallest absolute Gasteiger partial charge is 0.0784 e. The van der Waals surface area contributed by atoms with Gasteiger partial charge in [-0.2, -0.15) is 0 Å². The highest BCUT2D eigenvalue weighted by Gasteiger charge is 2.22. The first kappa shape index (κ1) is 8.31. The Kier molecular flexibility index (Phi) is 2.83. The molecule has 1 fully saturated rings. The summed E-state index contributed by atoms with van der Waals surface area (Å²) in [5.41, 5.74) is 0. The summed E-state index contributed by atoms with van der Waals surface area (Å²) < 4.78 is 5.73. The van der Waals surface area contributed by atoms with Gasteiger partial charge in [-0.15, -0.1) is 0 Å². The van der Waals surface area contributed by atoms with Gasteiger partial charge in [0, 0.05) is 0 Å². The van der Waals surface area contributed by atoms with E-state index < -0.39 is 0 Å². The van der Waals surface area contributed by atoms with Gasteiger partial charge in [-0.05, 0) is 25.2 Å². The fraction of sp³-hybridized carbons (Fsp3) is 0.818. The summed E-state index contributed by atoms with van der Waals surface area (Å²) in [5, 5.41) is 0. The molecule has 2 aliphatic rings. The van der Waals surface area contributed by atoms with E-state index in [4.69, 9.17) is 4.74 Å². The van der Waals surface area contributed by atoms with E-state index in [9.17, 15) is 0 Å². The van der Waals surface area contributed by atoms with Crippen LogP contribution in [0.3, 0.4) is 0 Å². The van der Waals surface area contributed by atoms with Crippen molar-refractivity contribution in [3.63, 3.8) is 0 Å². The first-order valence-electron chi connectivity index (χ1n) is 5.25. The van der Waals surface area contributed by atoms with Crippen LogP contribution in [0.2, 0.25) is 0 Å². The van der Waals surface area contributed by atoms with Crippen molar-refractivity contribution in [3.8, 4) is 0 Å². The number of hydrogen-bond donors (Lipinski definition) is 0. The third-order valence-electron chi connectivity index (χ3n) is 3.04. The van der Waals surface area contributed by atoms with Crippen LogP contribution in [0.1, 0.15) is 38.5 Å². The summed E-state index contributed by atoms with van der Waals surface area (Å²) in [4.78, 5) is 0. The van der Waals surface area contributed by atoms with E-state index in [1.165, 1.54) is 32.1 Å². The Morgan fingerprint density at radius 2 is 1.92 bits per heavy atom. The molecule has 1 nitrogen and oxygen atoms in total. The van der Waals surface area contributed by atoms with Gasteiger partial charge in [0.2, 0.25) is 0 Å². The van der Waals surface area contributed by atoms with Crippen LogP contribution in [-0.4, -0.2) is 12.7 Å². The maximum absolute atomic E-state index is 5.73. The van der Waals surface area contributed by atoms with Crippen molar-refractivity contribution in [3.05, 3.63) is 12.2 Å². The summed E-state index contributed by atoms with van der Waals surface area (Å²) in [5.74, 6) is 0.829. The molecule has 1 atom stereocenters. The van der Waals surface area contributed by atoms with E-state index in [2.05, 4.69) is 12.2 Å². The normalized spacial score (nSPS) is 32.2. The molecule has 0 amide bonds. The summed E-state index contributed by atoms with van der Waals surface area (Å²) in [6, 6.07) is 0. The molecule has 1 heterocycles. The minimum atomic E-state index is 0.457. The Balaban J connectivity index is 1.88. The maximum atomic E-state index is 5.73. The van der Waals surface area contributed by atoms with Gasteiger partial charge in [-0.3, -0.25) is 0 Å². The SMILES string of the molecule is C1=C[C@@H](C2CCCCC2)OCC1. The lowest BCUT2D eigenvalue weighted by Gasteiger charge is -2.29. The van der Waals surface area contributed by atoms with Gasteiger partial charge in [0.25, 0.3) is 0 Å². The molecule has 0 radical (unpaired) electrons. The molecule has 2 rings (SSSR count). The van der Waals surface area contributed by atoms with E-state index in [0.29, 0.717) is 6.10 Å². The van der Waals surface area contributed by atoms with Crippen molar-refractivity contribution in [2.45, 2.75) is 44.6 Å². The van der Waals surface area contributed by atoms with Crippen molar-refractivity contribution >= 4 is 0 Å². The summed E-state index contributed by atoms with van der Waals surface area (Å²) in [7, 11) is 0. The Morgan fingerprint density at radius 3 is 2.58 bits per heavy atom. The Morgan fingerprint density at radius 1 is 1.08 bits per heavy atom. The molecule has 1 heteroatoms. The van der Waals surface area contributed by atoms with Gasteiger partial charge in [-0.1, -0.05) is 31.4 Å². The molecular formula is C11H18O. The standard InChI is InChI=1S/C11H18O/c1-2-6-10(7-3-1)11-8-4-5-9-12-11/h4,8,10-11H,1-3,5-7,9H2/t11-/m0/s1. The molecule has 1 aliphatic heterocycles. The fourth-order valence-electron chi connectivity index (χ4n) is 2.31. The highest BCUT2D eigenvalue weighted by atomic mass is 16.5. The summed E-state index contributed by atoms with van der Waals surface area (Å²) in [6.07, 6.45) is 13.2. The van der Waals surface area contributed by atoms with Gasteiger partial charge in [0.1, 0.15) is 0 Å². The van der Waals surface area contributed by atoms with Crippen LogP contribution < -0.4 is 0 Å². The second-order valence-corrected chi connectivity index (χ2v) is 3.95. The fourth-order valence-corrected chi connectivity index (χ4v) is 2.31. The summed E-state index contributed by atoms with van der Waals surface area (Å²) in [6.45, 7) is 0.942. The van der Waals surface area contributed by atoms with E-state index >= 15 is 0 Å². The molecule has 1 aliphatic carbocycles. The first-order chi connectivity index (χ1) is 5.97. The number of rotatable bonds is 1.